The summed E-state index contributed by atoms with van der Waals surface area (Å²) in [7, 11) is 0. The summed E-state index contributed by atoms with van der Waals surface area (Å²) < 4.78 is 6.34. The van der Waals surface area contributed by atoms with Crippen molar-refractivity contribution in [3.8, 4) is 0 Å². The van der Waals surface area contributed by atoms with Crippen molar-refractivity contribution < 1.29 is 19.4 Å². The van der Waals surface area contributed by atoms with Crippen molar-refractivity contribution in [3.05, 3.63) is 58.1 Å². The Kier molecular flexibility index (Phi) is 4.77. The lowest BCUT2D eigenvalue weighted by Gasteiger charge is -2.04. The maximum Gasteiger partial charge on any atom is 0.413 e. The van der Waals surface area contributed by atoms with Gasteiger partial charge in [-0.2, -0.15) is 0 Å². The molecule has 0 aliphatic carbocycles. The zero-order valence-corrected chi connectivity index (χ0v) is 14.6. The first-order valence-corrected chi connectivity index (χ1v) is 8.45. The minimum absolute atomic E-state index is 0.149. The highest BCUT2D eigenvalue weighted by Crippen LogP contribution is 2.32. The number of anilines is 1. The minimum Gasteiger partial charge on any atom is -0.478 e. The first kappa shape index (κ1) is 16.4. The number of hydrogen-bond acceptors (Lipinski definition) is 5. The molecule has 0 bridgehead atoms. The molecule has 0 spiro atoms. The van der Waals surface area contributed by atoms with Gasteiger partial charge in [0.2, 0.25) is 0 Å². The van der Waals surface area contributed by atoms with Crippen molar-refractivity contribution in [1.29, 1.82) is 0 Å². The molecule has 0 radical (unpaired) electrons. The molecule has 0 saturated heterocycles. The van der Waals surface area contributed by atoms with Crippen molar-refractivity contribution in [2.75, 3.05) is 5.32 Å². The van der Waals surface area contributed by atoms with E-state index in [-0.39, 0.29) is 12.2 Å². The van der Waals surface area contributed by atoms with Gasteiger partial charge in [-0.15, -0.1) is 0 Å². The number of ether oxygens (including phenoxy) is 1. The van der Waals surface area contributed by atoms with Crippen LogP contribution in [0.25, 0.3) is 10.2 Å². The second-order valence-corrected chi connectivity index (χ2v) is 6.70. The van der Waals surface area contributed by atoms with E-state index in [4.69, 9.17) is 9.84 Å². The third kappa shape index (κ3) is 3.72. The molecule has 24 heavy (non-hydrogen) atoms. The number of aromatic carboxylic acids is 1. The van der Waals surface area contributed by atoms with Gasteiger partial charge in [0, 0.05) is 4.47 Å². The van der Waals surface area contributed by atoms with Gasteiger partial charge in [0.15, 0.2) is 5.13 Å². The number of carboxylic acids is 1. The van der Waals surface area contributed by atoms with Crippen LogP contribution < -0.4 is 5.32 Å². The van der Waals surface area contributed by atoms with Crippen molar-refractivity contribution in [1.82, 2.24) is 4.98 Å². The monoisotopic (exact) mass is 406 g/mol. The van der Waals surface area contributed by atoms with Crippen molar-refractivity contribution in [2.24, 2.45) is 0 Å². The average Bonchev–Trinajstić information content (AvgIpc) is 2.97. The number of rotatable bonds is 4. The van der Waals surface area contributed by atoms with Gasteiger partial charge < -0.3 is 9.84 Å². The number of halogens is 1. The summed E-state index contributed by atoms with van der Waals surface area (Å²) in [5.41, 5.74) is 1.62. The van der Waals surface area contributed by atoms with E-state index in [1.165, 1.54) is 23.5 Å². The van der Waals surface area contributed by atoms with Gasteiger partial charge in [-0.1, -0.05) is 41.7 Å². The minimum atomic E-state index is -1.03. The van der Waals surface area contributed by atoms with Crippen molar-refractivity contribution in [3.63, 3.8) is 0 Å². The smallest absolute Gasteiger partial charge is 0.413 e. The summed E-state index contributed by atoms with van der Waals surface area (Å²) in [5, 5.41) is 12.0. The zero-order chi connectivity index (χ0) is 17.1. The molecule has 1 heterocycles. The summed E-state index contributed by atoms with van der Waals surface area (Å²) in [6.45, 7) is 0.157. The molecule has 0 aliphatic heterocycles. The van der Waals surface area contributed by atoms with E-state index < -0.39 is 12.1 Å². The molecule has 3 rings (SSSR count). The lowest BCUT2D eigenvalue weighted by atomic mass is 10.2. The molecule has 0 fully saturated rings. The number of thiazole rings is 1. The Morgan fingerprint density at radius 3 is 2.71 bits per heavy atom. The van der Waals surface area contributed by atoms with Gasteiger partial charge in [0.25, 0.3) is 0 Å². The van der Waals surface area contributed by atoms with Crippen LogP contribution in [0.1, 0.15) is 15.9 Å². The van der Waals surface area contributed by atoms with Crippen LogP contribution in [0.2, 0.25) is 0 Å². The van der Waals surface area contributed by atoms with Gasteiger partial charge in [-0.3, -0.25) is 5.32 Å². The van der Waals surface area contributed by atoms with E-state index in [0.717, 1.165) is 5.56 Å². The number of aromatic nitrogens is 1. The fourth-order valence-corrected chi connectivity index (χ4v) is 3.61. The highest BCUT2D eigenvalue weighted by Gasteiger charge is 2.14. The third-order valence-corrected chi connectivity index (χ3v) is 4.64. The standard InChI is InChI=1S/C16H11BrN2O4S/c17-11-6-10(14(20)21)7-12-13(11)18-15(24-12)19-16(22)23-8-9-4-2-1-3-5-9/h1-7H,8H2,(H,20,21)(H,18,19,22). The van der Waals surface area contributed by atoms with Crippen LogP contribution in [0.5, 0.6) is 0 Å². The summed E-state index contributed by atoms with van der Waals surface area (Å²) in [4.78, 5) is 27.2. The van der Waals surface area contributed by atoms with Crippen molar-refractivity contribution >= 4 is 54.7 Å². The number of carbonyl (C=O) groups excluding carboxylic acids is 1. The molecule has 8 heteroatoms. The summed E-state index contributed by atoms with van der Waals surface area (Å²) in [6, 6.07) is 12.3. The first-order valence-electron chi connectivity index (χ1n) is 6.84. The van der Waals surface area contributed by atoms with Crippen LogP contribution in [0.3, 0.4) is 0 Å². The van der Waals surface area contributed by atoms with Gasteiger partial charge in [-0.05, 0) is 33.6 Å². The SMILES string of the molecule is O=C(Nc1nc2c(Br)cc(C(=O)O)cc2s1)OCc1ccccc1. The maximum absolute atomic E-state index is 11.9. The normalized spacial score (nSPS) is 10.5. The molecule has 0 saturated carbocycles. The van der Waals surface area contributed by atoms with Crippen LogP contribution in [-0.4, -0.2) is 22.2 Å². The van der Waals surface area contributed by atoms with E-state index in [1.807, 2.05) is 30.3 Å². The van der Waals surface area contributed by atoms with E-state index in [9.17, 15) is 9.59 Å². The van der Waals surface area contributed by atoms with E-state index in [2.05, 4.69) is 26.2 Å². The molecule has 122 valence electrons. The first-order chi connectivity index (χ1) is 11.5. The lowest BCUT2D eigenvalue weighted by molar-refractivity contribution is 0.0697. The zero-order valence-electron chi connectivity index (χ0n) is 12.2. The number of fused-ring (bicyclic) bond motifs is 1. The molecule has 1 amide bonds. The van der Waals surface area contributed by atoms with Crippen LogP contribution in [0.4, 0.5) is 9.93 Å². The van der Waals surface area contributed by atoms with E-state index >= 15 is 0 Å². The van der Waals surface area contributed by atoms with Gasteiger partial charge >= 0.3 is 12.1 Å². The number of nitrogens with zero attached hydrogens (tertiary/aromatic N) is 1. The number of nitrogens with one attached hydrogen (secondary N) is 1. The van der Waals surface area contributed by atoms with Crippen LogP contribution in [-0.2, 0) is 11.3 Å². The van der Waals surface area contributed by atoms with E-state index in [0.29, 0.717) is 19.8 Å². The number of hydrogen-bond donors (Lipinski definition) is 2. The van der Waals surface area contributed by atoms with Crippen LogP contribution >= 0.6 is 27.3 Å². The number of amides is 1. The topological polar surface area (TPSA) is 88.5 Å². The molecule has 1 aromatic heterocycles. The second kappa shape index (κ2) is 6.98. The lowest BCUT2D eigenvalue weighted by Crippen LogP contribution is -2.13. The number of carbonyl (C=O) groups is 2. The highest BCUT2D eigenvalue weighted by molar-refractivity contribution is 9.10. The quantitative estimate of drug-likeness (QED) is 0.665. The Balaban J connectivity index is 1.72. The fourth-order valence-electron chi connectivity index (χ4n) is 2.01. The molecule has 0 aliphatic rings. The largest absolute Gasteiger partial charge is 0.478 e. The Morgan fingerprint density at radius 2 is 2.00 bits per heavy atom. The van der Waals surface area contributed by atoms with Crippen molar-refractivity contribution in [2.45, 2.75) is 6.61 Å². The van der Waals surface area contributed by atoms with E-state index in [1.54, 1.807) is 0 Å². The Labute approximate surface area is 149 Å². The predicted octanol–water partition coefficient (Wildman–Crippen LogP) is 4.51. The fraction of sp³-hybridized carbons (Fsp3) is 0.0625. The maximum atomic E-state index is 11.9. The molecule has 0 unspecified atom stereocenters. The third-order valence-electron chi connectivity index (χ3n) is 3.12. The second-order valence-electron chi connectivity index (χ2n) is 4.82. The number of benzene rings is 2. The van der Waals surface area contributed by atoms with Gasteiger partial charge in [0.05, 0.1) is 15.8 Å². The van der Waals surface area contributed by atoms with Crippen LogP contribution in [0, 0.1) is 0 Å². The Morgan fingerprint density at radius 1 is 1.25 bits per heavy atom. The Bertz CT molecular complexity index is 911. The molecular formula is C16H11BrN2O4S. The predicted molar refractivity (Wildman–Crippen MR) is 94.5 cm³/mol. The number of carboxylic acid groups (broad SMARTS) is 1. The molecular weight excluding hydrogens is 396 g/mol. The van der Waals surface area contributed by atoms with Crippen LogP contribution in [0.15, 0.2) is 46.9 Å². The van der Waals surface area contributed by atoms with Gasteiger partial charge in [0.1, 0.15) is 6.61 Å². The molecule has 6 nitrogen and oxygen atoms in total. The summed E-state index contributed by atoms with van der Waals surface area (Å²) >= 11 is 4.47. The highest BCUT2D eigenvalue weighted by atomic mass is 79.9. The van der Waals surface area contributed by atoms with Gasteiger partial charge in [-0.25, -0.2) is 14.6 Å². The Hall–Kier alpha value is -2.45. The average molecular weight is 407 g/mol. The molecule has 3 aromatic rings. The molecule has 0 atom stereocenters. The molecule has 2 N–H and O–H groups in total. The molecule has 2 aromatic carbocycles. The summed E-state index contributed by atoms with van der Waals surface area (Å²) in [5.74, 6) is -1.03. The summed E-state index contributed by atoms with van der Waals surface area (Å²) in [6.07, 6.45) is -0.618.